The summed E-state index contributed by atoms with van der Waals surface area (Å²) < 4.78 is 5.67. The van der Waals surface area contributed by atoms with E-state index in [-0.39, 0.29) is 24.0 Å². The molecule has 1 atom stereocenters. The van der Waals surface area contributed by atoms with Gasteiger partial charge in [0, 0.05) is 23.9 Å². The third-order valence-electron chi connectivity index (χ3n) is 5.88. The lowest BCUT2D eigenvalue weighted by Gasteiger charge is -2.53. The van der Waals surface area contributed by atoms with Gasteiger partial charge < -0.3 is 15.4 Å². The number of likely N-dealkylation sites (tertiary alicyclic amines) is 1. The van der Waals surface area contributed by atoms with Crippen LogP contribution in [0.2, 0.25) is 0 Å². The van der Waals surface area contributed by atoms with Crippen LogP contribution in [0.3, 0.4) is 0 Å². The number of carbonyl (C=O) groups excluding carboxylic acids is 2. The molecule has 1 aromatic carbocycles. The smallest absolute Gasteiger partial charge is 0.272 e. The molecular weight excluding hydrogens is 330 g/mol. The number of nitrogens with zero attached hydrogens (tertiary/aromatic N) is 2. The van der Waals surface area contributed by atoms with Crippen LogP contribution >= 0.6 is 0 Å². The molecule has 2 fully saturated rings. The van der Waals surface area contributed by atoms with Crippen LogP contribution in [-0.4, -0.2) is 47.5 Å². The summed E-state index contributed by atoms with van der Waals surface area (Å²) in [6, 6.07) is 11.6. The molecule has 1 spiro atoms. The Hall–Kier alpha value is -2.47. The van der Waals surface area contributed by atoms with Crippen molar-refractivity contribution in [1.29, 1.82) is 0 Å². The molecule has 4 rings (SSSR count). The van der Waals surface area contributed by atoms with Crippen molar-refractivity contribution in [2.45, 2.75) is 31.8 Å². The number of piperidine rings is 1. The van der Waals surface area contributed by atoms with Gasteiger partial charge in [-0.05, 0) is 37.8 Å². The highest BCUT2D eigenvalue weighted by atomic mass is 16.5. The zero-order valence-corrected chi connectivity index (χ0v) is 14.7. The van der Waals surface area contributed by atoms with E-state index in [4.69, 9.17) is 10.5 Å². The molecule has 2 heterocycles. The van der Waals surface area contributed by atoms with Crippen molar-refractivity contribution in [2.24, 2.45) is 11.1 Å². The van der Waals surface area contributed by atoms with Crippen LogP contribution < -0.4 is 5.73 Å². The highest BCUT2D eigenvalue weighted by Gasteiger charge is 2.49. The first-order chi connectivity index (χ1) is 12.6. The van der Waals surface area contributed by atoms with E-state index >= 15 is 0 Å². The van der Waals surface area contributed by atoms with Crippen LogP contribution in [0.5, 0.6) is 0 Å². The lowest BCUT2D eigenvalue weighted by atomic mass is 9.60. The molecule has 6 heteroatoms. The zero-order valence-electron chi connectivity index (χ0n) is 14.7. The van der Waals surface area contributed by atoms with Gasteiger partial charge >= 0.3 is 0 Å². The molecule has 26 heavy (non-hydrogen) atoms. The second-order valence-electron chi connectivity index (χ2n) is 7.35. The number of amides is 2. The summed E-state index contributed by atoms with van der Waals surface area (Å²) in [5.41, 5.74) is 6.61. The minimum atomic E-state index is -0.429. The number of hydrogen-bond donors (Lipinski definition) is 1. The number of hydrogen-bond acceptors (Lipinski definition) is 4. The summed E-state index contributed by atoms with van der Waals surface area (Å²) in [6.07, 6.45) is 3.94. The van der Waals surface area contributed by atoms with E-state index in [0.29, 0.717) is 18.8 Å². The maximum atomic E-state index is 12.8. The molecule has 1 saturated heterocycles. The Morgan fingerprint density at radius 2 is 1.92 bits per heavy atom. The first kappa shape index (κ1) is 17.0. The fourth-order valence-corrected chi connectivity index (χ4v) is 4.19. The molecule has 1 saturated carbocycles. The number of fused-ring (bicyclic) bond motifs is 1. The third kappa shape index (κ3) is 3.05. The first-order valence-electron chi connectivity index (χ1n) is 9.12. The van der Waals surface area contributed by atoms with E-state index in [0.717, 1.165) is 36.6 Å². The molecule has 2 amide bonds. The quantitative estimate of drug-likeness (QED) is 0.912. The average Bonchev–Trinajstić information content (AvgIpc) is 2.66. The molecule has 1 aliphatic heterocycles. The van der Waals surface area contributed by atoms with Crippen molar-refractivity contribution in [3.8, 4) is 0 Å². The highest BCUT2D eigenvalue weighted by molar-refractivity contribution is 5.95. The number of aromatic nitrogens is 1. The Balaban J connectivity index is 1.41. The second-order valence-corrected chi connectivity index (χ2v) is 7.35. The topological polar surface area (TPSA) is 85.5 Å². The number of rotatable bonds is 4. The summed E-state index contributed by atoms with van der Waals surface area (Å²) in [5, 5.41) is 1.03. The van der Waals surface area contributed by atoms with Crippen molar-refractivity contribution >= 4 is 22.7 Å². The zero-order chi connectivity index (χ0) is 18.1. The largest absolute Gasteiger partial charge is 0.368 e. The molecule has 0 bridgehead atoms. The van der Waals surface area contributed by atoms with Crippen LogP contribution in [-0.2, 0) is 9.53 Å². The number of pyridine rings is 1. The molecule has 1 aliphatic carbocycles. The molecule has 1 unspecified atom stereocenters. The van der Waals surface area contributed by atoms with Gasteiger partial charge in [0.05, 0.1) is 11.6 Å². The van der Waals surface area contributed by atoms with Crippen LogP contribution in [0.1, 0.15) is 36.2 Å². The van der Waals surface area contributed by atoms with Crippen molar-refractivity contribution in [3.63, 3.8) is 0 Å². The van der Waals surface area contributed by atoms with Crippen LogP contribution in [0.4, 0.5) is 0 Å². The Kier molecular flexibility index (Phi) is 4.36. The van der Waals surface area contributed by atoms with Gasteiger partial charge in [0.15, 0.2) is 0 Å². The number of primary amides is 1. The van der Waals surface area contributed by atoms with E-state index in [1.165, 1.54) is 0 Å². The summed E-state index contributed by atoms with van der Waals surface area (Å²) in [7, 11) is 0. The molecule has 1 aromatic heterocycles. The third-order valence-corrected chi connectivity index (χ3v) is 5.88. The van der Waals surface area contributed by atoms with Crippen LogP contribution in [0, 0.1) is 5.41 Å². The molecule has 2 N–H and O–H groups in total. The molecule has 2 aliphatic rings. The van der Waals surface area contributed by atoms with E-state index in [1.807, 2.05) is 35.2 Å². The van der Waals surface area contributed by atoms with E-state index in [9.17, 15) is 9.59 Å². The molecule has 2 aromatic rings. The number of ether oxygens (including phenoxy) is 1. The Labute approximate surface area is 152 Å². The average molecular weight is 353 g/mol. The van der Waals surface area contributed by atoms with E-state index in [2.05, 4.69) is 4.98 Å². The van der Waals surface area contributed by atoms with E-state index < -0.39 is 5.91 Å². The summed E-state index contributed by atoms with van der Waals surface area (Å²) in [6.45, 7) is 1.38. The monoisotopic (exact) mass is 353 g/mol. The van der Waals surface area contributed by atoms with E-state index in [1.54, 1.807) is 6.07 Å². The maximum absolute atomic E-state index is 12.8. The second kappa shape index (κ2) is 6.68. The highest BCUT2D eigenvalue weighted by Crippen LogP contribution is 2.50. The molecule has 136 valence electrons. The maximum Gasteiger partial charge on any atom is 0.272 e. The van der Waals surface area contributed by atoms with Gasteiger partial charge in [-0.2, -0.15) is 0 Å². The Morgan fingerprint density at radius 1 is 1.15 bits per heavy atom. The fraction of sp³-hybridized carbons (Fsp3) is 0.450. The number of carbonyl (C=O) groups is 2. The van der Waals surface area contributed by atoms with Crippen molar-refractivity contribution < 1.29 is 14.3 Å². The van der Waals surface area contributed by atoms with Gasteiger partial charge in [0.2, 0.25) is 5.91 Å². The van der Waals surface area contributed by atoms with Gasteiger partial charge in [-0.25, -0.2) is 4.98 Å². The minimum Gasteiger partial charge on any atom is -0.368 e. The van der Waals surface area contributed by atoms with Gasteiger partial charge in [-0.3, -0.25) is 9.59 Å². The number of benzene rings is 1. The predicted molar refractivity (Wildman–Crippen MR) is 97.5 cm³/mol. The molecule has 6 nitrogen and oxygen atoms in total. The standard InChI is InChI=1S/C20H23N3O3/c21-18(24)13-26-17-7-8-20(17)9-11-23(12-10-20)19(25)16-6-5-14-3-1-2-4-15(14)22-16/h1-6,17H,7-13H2,(H2,21,24). The minimum absolute atomic E-state index is 0.0143. The Morgan fingerprint density at radius 3 is 2.62 bits per heavy atom. The number of nitrogens with two attached hydrogens (primary N) is 1. The summed E-state index contributed by atoms with van der Waals surface area (Å²) >= 11 is 0. The van der Waals surface area contributed by atoms with Gasteiger partial charge in [-0.1, -0.05) is 24.3 Å². The van der Waals surface area contributed by atoms with Gasteiger partial charge in [-0.15, -0.1) is 0 Å². The van der Waals surface area contributed by atoms with Gasteiger partial charge in [0.1, 0.15) is 12.3 Å². The summed E-state index contributed by atoms with van der Waals surface area (Å²) in [5.74, 6) is -0.443. The molecule has 0 radical (unpaired) electrons. The van der Waals surface area contributed by atoms with Crippen molar-refractivity contribution in [1.82, 2.24) is 9.88 Å². The SMILES string of the molecule is NC(=O)COC1CCC12CCN(C(=O)c1ccc3ccccc3n1)CC2. The lowest BCUT2D eigenvalue weighted by molar-refractivity contribution is -0.149. The first-order valence-corrected chi connectivity index (χ1v) is 9.12. The normalized spacial score (nSPS) is 21.5. The van der Waals surface area contributed by atoms with Crippen LogP contribution in [0.15, 0.2) is 36.4 Å². The number of para-hydroxylation sites is 1. The molecular formula is C20H23N3O3. The fourth-order valence-electron chi connectivity index (χ4n) is 4.19. The Bertz CT molecular complexity index is 843. The summed E-state index contributed by atoms with van der Waals surface area (Å²) in [4.78, 5) is 30.2. The van der Waals surface area contributed by atoms with Crippen molar-refractivity contribution in [2.75, 3.05) is 19.7 Å². The lowest BCUT2D eigenvalue weighted by Crippen LogP contribution is -2.54. The van der Waals surface area contributed by atoms with Gasteiger partial charge in [0.25, 0.3) is 5.91 Å². The predicted octanol–water partition coefficient (Wildman–Crippen LogP) is 2.12. The van der Waals surface area contributed by atoms with Crippen molar-refractivity contribution in [3.05, 3.63) is 42.1 Å². The van der Waals surface area contributed by atoms with Crippen LogP contribution in [0.25, 0.3) is 10.9 Å².